The number of Topliss-reactive ketones (excluding diaryl/α,β-unsaturated/α-hetero) is 1. The Morgan fingerprint density at radius 2 is 1.96 bits per heavy atom. The SMILES string of the molecule is O=C(O)C(=O)C1CN(Cc2nc3c(F)c(F)cc(F)c3s2)c2ccccc2S1. The molecule has 0 bridgehead atoms. The first-order valence-corrected chi connectivity index (χ1v) is 9.75. The Kier molecular flexibility index (Phi) is 4.76. The van der Waals surface area contributed by atoms with E-state index in [0.717, 1.165) is 33.7 Å². The van der Waals surface area contributed by atoms with Gasteiger partial charge in [0.2, 0.25) is 0 Å². The highest BCUT2D eigenvalue weighted by atomic mass is 32.2. The van der Waals surface area contributed by atoms with E-state index in [4.69, 9.17) is 5.11 Å². The van der Waals surface area contributed by atoms with E-state index in [9.17, 15) is 22.8 Å². The van der Waals surface area contributed by atoms with Gasteiger partial charge in [-0.3, -0.25) is 4.79 Å². The fraction of sp³-hybridized carbons (Fsp3) is 0.167. The molecule has 1 N–H and O–H groups in total. The predicted octanol–water partition coefficient (Wildman–Crippen LogP) is 3.85. The van der Waals surface area contributed by atoms with Crippen molar-refractivity contribution < 1.29 is 27.9 Å². The van der Waals surface area contributed by atoms with Crippen LogP contribution >= 0.6 is 23.1 Å². The summed E-state index contributed by atoms with van der Waals surface area (Å²) in [5, 5.41) is 8.52. The van der Waals surface area contributed by atoms with Gasteiger partial charge in [-0.1, -0.05) is 12.1 Å². The summed E-state index contributed by atoms with van der Waals surface area (Å²) in [5.41, 5.74) is 0.378. The lowest BCUT2D eigenvalue weighted by molar-refractivity contribution is -0.148. The van der Waals surface area contributed by atoms with Gasteiger partial charge in [-0.2, -0.15) is 0 Å². The monoisotopic (exact) mass is 424 g/mol. The Morgan fingerprint density at radius 3 is 2.71 bits per heavy atom. The number of benzene rings is 2. The van der Waals surface area contributed by atoms with Gasteiger partial charge < -0.3 is 10.0 Å². The van der Waals surface area contributed by atoms with Gasteiger partial charge in [0, 0.05) is 17.5 Å². The predicted molar refractivity (Wildman–Crippen MR) is 99.3 cm³/mol. The van der Waals surface area contributed by atoms with E-state index in [-0.39, 0.29) is 23.3 Å². The molecule has 0 amide bonds. The average molecular weight is 424 g/mol. The summed E-state index contributed by atoms with van der Waals surface area (Å²) >= 11 is 2.05. The molecular weight excluding hydrogens is 413 g/mol. The largest absolute Gasteiger partial charge is 0.475 e. The van der Waals surface area contributed by atoms with Crippen molar-refractivity contribution in [1.29, 1.82) is 0 Å². The second-order valence-electron chi connectivity index (χ2n) is 6.06. The van der Waals surface area contributed by atoms with E-state index in [0.29, 0.717) is 11.1 Å². The summed E-state index contributed by atoms with van der Waals surface area (Å²) in [6.45, 7) is 0.197. The van der Waals surface area contributed by atoms with Crippen LogP contribution in [0, 0.1) is 17.5 Å². The van der Waals surface area contributed by atoms with Crippen LogP contribution in [0.15, 0.2) is 35.2 Å². The quantitative estimate of drug-likeness (QED) is 0.507. The van der Waals surface area contributed by atoms with Gasteiger partial charge in [-0.25, -0.2) is 22.9 Å². The number of para-hydroxylation sites is 1. The van der Waals surface area contributed by atoms with Crippen molar-refractivity contribution in [3.05, 3.63) is 52.8 Å². The summed E-state index contributed by atoms with van der Waals surface area (Å²) in [7, 11) is 0. The van der Waals surface area contributed by atoms with Gasteiger partial charge in [-0.15, -0.1) is 23.1 Å². The summed E-state index contributed by atoms with van der Waals surface area (Å²) < 4.78 is 41.2. The fourth-order valence-corrected chi connectivity index (χ4v) is 5.22. The molecule has 0 saturated carbocycles. The van der Waals surface area contributed by atoms with Crippen molar-refractivity contribution in [3.63, 3.8) is 0 Å². The molecule has 28 heavy (non-hydrogen) atoms. The number of hydrogen-bond donors (Lipinski definition) is 1. The first kappa shape index (κ1) is 18.8. The zero-order chi connectivity index (χ0) is 20.0. The summed E-state index contributed by atoms with van der Waals surface area (Å²) in [6, 6.07) is 7.61. The molecule has 0 saturated heterocycles. The lowest BCUT2D eigenvalue weighted by Gasteiger charge is -2.33. The highest BCUT2D eigenvalue weighted by Gasteiger charge is 2.33. The number of fused-ring (bicyclic) bond motifs is 2. The normalized spacial score (nSPS) is 16.2. The van der Waals surface area contributed by atoms with E-state index in [2.05, 4.69) is 4.98 Å². The van der Waals surface area contributed by atoms with Gasteiger partial charge in [0.25, 0.3) is 5.78 Å². The summed E-state index contributed by atoms with van der Waals surface area (Å²) in [5.74, 6) is -5.86. The van der Waals surface area contributed by atoms with E-state index in [1.165, 1.54) is 0 Å². The summed E-state index contributed by atoms with van der Waals surface area (Å²) in [4.78, 5) is 29.5. The van der Waals surface area contributed by atoms with Crippen molar-refractivity contribution >= 4 is 50.8 Å². The molecule has 0 radical (unpaired) electrons. The number of ketones is 1. The van der Waals surface area contributed by atoms with Gasteiger partial charge >= 0.3 is 5.97 Å². The minimum Gasteiger partial charge on any atom is -0.475 e. The molecule has 5 nitrogen and oxygen atoms in total. The Labute approximate surface area is 164 Å². The third-order valence-electron chi connectivity index (χ3n) is 4.25. The number of aromatic nitrogens is 1. The van der Waals surface area contributed by atoms with Crippen LogP contribution in [-0.4, -0.2) is 33.6 Å². The highest BCUT2D eigenvalue weighted by Crippen LogP contribution is 2.40. The molecule has 10 heteroatoms. The van der Waals surface area contributed by atoms with Crippen molar-refractivity contribution in [2.24, 2.45) is 0 Å². The Balaban J connectivity index is 1.71. The van der Waals surface area contributed by atoms with E-state index in [1.807, 2.05) is 0 Å². The Morgan fingerprint density at radius 1 is 1.21 bits per heavy atom. The molecule has 0 spiro atoms. The summed E-state index contributed by atoms with van der Waals surface area (Å²) in [6.07, 6.45) is 0. The third-order valence-corrected chi connectivity index (χ3v) is 6.55. The van der Waals surface area contributed by atoms with Crippen LogP contribution in [0.1, 0.15) is 5.01 Å². The standard InChI is InChI=1S/C18H11F3N2O3S2/c19-8-5-9(20)17-15(14(8)21)22-13(28-17)7-23-6-12(16(24)18(25)26)27-11-4-2-1-3-10(11)23/h1-5,12H,6-7H2,(H,25,26). The molecule has 144 valence electrons. The van der Waals surface area contributed by atoms with Gasteiger partial charge in [-0.05, 0) is 12.1 Å². The maximum Gasteiger partial charge on any atom is 0.373 e. The molecule has 0 aliphatic carbocycles. The zero-order valence-corrected chi connectivity index (χ0v) is 15.6. The number of hydrogen-bond acceptors (Lipinski definition) is 6. The van der Waals surface area contributed by atoms with Gasteiger partial charge in [0.15, 0.2) is 11.6 Å². The van der Waals surface area contributed by atoms with Crippen LogP contribution in [0.3, 0.4) is 0 Å². The Hall–Kier alpha value is -2.59. The molecule has 0 fully saturated rings. The van der Waals surface area contributed by atoms with Crippen molar-refractivity contribution in [3.8, 4) is 0 Å². The molecule has 1 aromatic heterocycles. The average Bonchev–Trinajstić information content (AvgIpc) is 3.10. The van der Waals surface area contributed by atoms with Crippen LogP contribution in [0.4, 0.5) is 18.9 Å². The number of carbonyl (C=O) groups excluding carboxylic acids is 1. The number of aliphatic carboxylic acids is 1. The maximum atomic E-state index is 14.0. The topological polar surface area (TPSA) is 70.5 Å². The Bertz CT molecular complexity index is 1120. The second kappa shape index (κ2) is 7.10. The molecule has 1 atom stereocenters. The number of anilines is 1. The number of carboxylic acids is 1. The van der Waals surface area contributed by atoms with Crippen molar-refractivity contribution in [1.82, 2.24) is 4.98 Å². The lowest BCUT2D eigenvalue weighted by atomic mass is 10.2. The molecule has 1 unspecified atom stereocenters. The van der Waals surface area contributed by atoms with Gasteiger partial charge in [0.05, 0.1) is 22.2 Å². The molecule has 1 aliphatic heterocycles. The van der Waals surface area contributed by atoms with Crippen molar-refractivity contribution in [2.75, 3.05) is 11.4 Å². The first-order chi connectivity index (χ1) is 13.3. The first-order valence-electron chi connectivity index (χ1n) is 8.06. The van der Waals surface area contributed by atoms with Crippen molar-refractivity contribution in [2.45, 2.75) is 16.7 Å². The fourth-order valence-electron chi connectivity index (χ4n) is 2.99. The number of nitrogens with zero attached hydrogens (tertiary/aromatic N) is 2. The number of carboxylic acid groups (broad SMARTS) is 1. The molecule has 3 aromatic rings. The van der Waals surface area contributed by atoms with E-state index >= 15 is 0 Å². The maximum absolute atomic E-state index is 14.0. The highest BCUT2D eigenvalue weighted by molar-refractivity contribution is 8.01. The third kappa shape index (κ3) is 3.22. The van der Waals surface area contributed by atoms with E-state index < -0.39 is 34.5 Å². The van der Waals surface area contributed by atoms with Crippen LogP contribution in [0.5, 0.6) is 0 Å². The van der Waals surface area contributed by atoms with Crippen LogP contribution < -0.4 is 4.90 Å². The molecule has 2 heterocycles. The number of rotatable bonds is 4. The van der Waals surface area contributed by atoms with Gasteiger partial charge in [0.1, 0.15) is 16.3 Å². The number of thioether (sulfide) groups is 1. The molecule has 4 rings (SSSR count). The number of thiazole rings is 1. The molecular formula is C18H11F3N2O3S2. The lowest BCUT2D eigenvalue weighted by Crippen LogP contribution is -2.40. The van der Waals surface area contributed by atoms with Crippen LogP contribution in [0.25, 0.3) is 10.2 Å². The minimum absolute atomic E-state index is 0.0910. The van der Waals surface area contributed by atoms with E-state index in [1.54, 1.807) is 29.2 Å². The molecule has 1 aliphatic rings. The molecule has 2 aromatic carbocycles. The second-order valence-corrected chi connectivity index (χ2v) is 8.39. The van der Waals surface area contributed by atoms with Crippen LogP contribution in [0.2, 0.25) is 0 Å². The minimum atomic E-state index is -1.52. The van der Waals surface area contributed by atoms with Crippen LogP contribution in [-0.2, 0) is 16.1 Å². The smallest absolute Gasteiger partial charge is 0.373 e. The number of carbonyl (C=O) groups is 2. The number of halogens is 3. The zero-order valence-electron chi connectivity index (χ0n) is 14.0.